The lowest BCUT2D eigenvalue weighted by Crippen LogP contribution is -2.39. The second-order valence-corrected chi connectivity index (χ2v) is 6.20. The molecule has 4 nitrogen and oxygen atoms in total. The van der Waals surface area contributed by atoms with Gasteiger partial charge < -0.3 is 20.1 Å². The zero-order valence-electron chi connectivity index (χ0n) is 13.0. The first-order chi connectivity index (χ1) is 9.41. The van der Waals surface area contributed by atoms with E-state index in [1.54, 1.807) is 7.11 Å². The van der Waals surface area contributed by atoms with Gasteiger partial charge in [-0.15, -0.1) is 0 Å². The molecule has 0 radical (unpaired) electrons. The third-order valence-corrected chi connectivity index (χ3v) is 3.76. The number of nitrogens with two attached hydrogens (primary N) is 1. The van der Waals surface area contributed by atoms with Gasteiger partial charge in [0.25, 0.3) is 0 Å². The Morgan fingerprint density at radius 2 is 2.10 bits per heavy atom. The van der Waals surface area contributed by atoms with Gasteiger partial charge in [0, 0.05) is 17.6 Å². The number of likely N-dealkylation sites (tertiary alicyclic amines) is 1. The van der Waals surface area contributed by atoms with Crippen molar-refractivity contribution in [3.05, 3.63) is 23.8 Å². The third kappa shape index (κ3) is 3.44. The van der Waals surface area contributed by atoms with Gasteiger partial charge in [0.1, 0.15) is 6.10 Å². The van der Waals surface area contributed by atoms with Crippen LogP contribution in [0.15, 0.2) is 18.2 Å². The maximum absolute atomic E-state index is 6.27. The van der Waals surface area contributed by atoms with Crippen molar-refractivity contribution >= 4 is 0 Å². The van der Waals surface area contributed by atoms with E-state index in [1.165, 1.54) is 0 Å². The normalized spacial score (nSPS) is 20.8. The van der Waals surface area contributed by atoms with E-state index >= 15 is 0 Å². The summed E-state index contributed by atoms with van der Waals surface area (Å²) in [4.78, 5) is 2.30. The second kappa shape index (κ2) is 6.02. The molecule has 1 atom stereocenters. The van der Waals surface area contributed by atoms with Crippen molar-refractivity contribution < 1.29 is 9.47 Å². The molecule has 1 aromatic carbocycles. The number of piperidine rings is 1. The quantitative estimate of drug-likeness (QED) is 0.918. The summed E-state index contributed by atoms with van der Waals surface area (Å²) in [6.07, 6.45) is 2.44. The van der Waals surface area contributed by atoms with Gasteiger partial charge in [0.05, 0.1) is 7.11 Å². The minimum Gasteiger partial charge on any atom is -0.493 e. The molecule has 0 amide bonds. The van der Waals surface area contributed by atoms with Crippen molar-refractivity contribution in [2.75, 3.05) is 27.2 Å². The largest absolute Gasteiger partial charge is 0.493 e. The van der Waals surface area contributed by atoms with Crippen LogP contribution in [-0.2, 0) is 5.54 Å². The Kier molecular flexibility index (Phi) is 4.55. The highest BCUT2D eigenvalue weighted by atomic mass is 16.5. The molecule has 1 fully saturated rings. The number of methoxy groups -OCH3 is 1. The van der Waals surface area contributed by atoms with Crippen molar-refractivity contribution in [1.82, 2.24) is 4.90 Å². The highest BCUT2D eigenvalue weighted by molar-refractivity contribution is 5.49. The van der Waals surface area contributed by atoms with Crippen molar-refractivity contribution in [2.45, 2.75) is 38.3 Å². The van der Waals surface area contributed by atoms with Crippen LogP contribution in [0.5, 0.6) is 11.5 Å². The number of nitrogens with zero attached hydrogens (tertiary/aromatic N) is 1. The number of hydrogen-bond acceptors (Lipinski definition) is 4. The molecule has 112 valence electrons. The summed E-state index contributed by atoms with van der Waals surface area (Å²) < 4.78 is 11.7. The molecular weight excluding hydrogens is 252 g/mol. The monoisotopic (exact) mass is 278 g/mol. The number of hydrogen-bond donors (Lipinski definition) is 1. The molecule has 0 bridgehead atoms. The first-order valence-electron chi connectivity index (χ1n) is 7.23. The zero-order chi connectivity index (χ0) is 14.8. The lowest BCUT2D eigenvalue weighted by Gasteiger charge is -2.32. The molecule has 4 heteroatoms. The SMILES string of the molecule is COc1cccc(C(C)(C)N)c1OC1CCCN(C)C1. The average molecular weight is 278 g/mol. The highest BCUT2D eigenvalue weighted by Gasteiger charge is 2.26. The fraction of sp³-hybridized carbons (Fsp3) is 0.625. The molecule has 2 rings (SSSR count). The maximum atomic E-state index is 6.27. The lowest BCUT2D eigenvalue weighted by molar-refractivity contribution is 0.0992. The van der Waals surface area contributed by atoms with Crippen LogP contribution in [0, 0.1) is 0 Å². The Labute approximate surface area is 121 Å². The van der Waals surface area contributed by atoms with Gasteiger partial charge >= 0.3 is 0 Å². The summed E-state index contributed by atoms with van der Waals surface area (Å²) in [7, 11) is 3.80. The van der Waals surface area contributed by atoms with E-state index in [0.717, 1.165) is 43.0 Å². The molecule has 1 unspecified atom stereocenters. The van der Waals surface area contributed by atoms with E-state index in [1.807, 2.05) is 32.0 Å². The third-order valence-electron chi connectivity index (χ3n) is 3.76. The van der Waals surface area contributed by atoms with Gasteiger partial charge in [-0.3, -0.25) is 0 Å². The Morgan fingerprint density at radius 1 is 1.35 bits per heavy atom. The minimum atomic E-state index is -0.454. The maximum Gasteiger partial charge on any atom is 0.166 e. The van der Waals surface area contributed by atoms with Crippen molar-refractivity contribution in [3.8, 4) is 11.5 Å². The topological polar surface area (TPSA) is 47.7 Å². The molecule has 20 heavy (non-hydrogen) atoms. The number of rotatable bonds is 4. The Balaban J connectivity index is 2.28. The molecule has 2 N–H and O–H groups in total. The van der Waals surface area contributed by atoms with Crippen LogP contribution in [0.1, 0.15) is 32.3 Å². The van der Waals surface area contributed by atoms with E-state index < -0.39 is 5.54 Å². The summed E-state index contributed by atoms with van der Waals surface area (Å²) in [5.41, 5.74) is 6.80. The van der Waals surface area contributed by atoms with E-state index in [9.17, 15) is 0 Å². The van der Waals surface area contributed by atoms with Crippen LogP contribution in [0.2, 0.25) is 0 Å². The Hall–Kier alpha value is -1.26. The summed E-state index contributed by atoms with van der Waals surface area (Å²) >= 11 is 0. The van der Waals surface area contributed by atoms with Crippen molar-refractivity contribution in [1.29, 1.82) is 0 Å². The molecular formula is C16H26N2O2. The van der Waals surface area contributed by atoms with Crippen LogP contribution < -0.4 is 15.2 Å². The molecule has 1 aliphatic rings. The van der Waals surface area contributed by atoms with Gasteiger partial charge in [-0.05, 0) is 46.3 Å². The summed E-state index contributed by atoms with van der Waals surface area (Å²) in [5.74, 6) is 1.55. The smallest absolute Gasteiger partial charge is 0.166 e. The van der Waals surface area contributed by atoms with Crippen molar-refractivity contribution in [3.63, 3.8) is 0 Å². The fourth-order valence-electron chi connectivity index (χ4n) is 2.69. The van der Waals surface area contributed by atoms with Gasteiger partial charge in [-0.25, -0.2) is 0 Å². The zero-order valence-corrected chi connectivity index (χ0v) is 13.0. The van der Waals surface area contributed by atoms with Crippen molar-refractivity contribution in [2.24, 2.45) is 5.73 Å². The van der Waals surface area contributed by atoms with Gasteiger partial charge in [-0.1, -0.05) is 12.1 Å². The minimum absolute atomic E-state index is 0.200. The summed E-state index contributed by atoms with van der Waals surface area (Å²) in [5, 5.41) is 0. The molecule has 0 spiro atoms. The Bertz CT molecular complexity index is 454. The van der Waals surface area contributed by atoms with E-state index in [0.29, 0.717) is 0 Å². The number of ether oxygens (including phenoxy) is 2. The van der Waals surface area contributed by atoms with Gasteiger partial charge in [0.2, 0.25) is 0 Å². The van der Waals surface area contributed by atoms with E-state index in [2.05, 4.69) is 11.9 Å². The molecule has 1 saturated heterocycles. The lowest BCUT2D eigenvalue weighted by atomic mass is 9.94. The first kappa shape index (κ1) is 15.1. The molecule has 0 aromatic heterocycles. The predicted molar refractivity (Wildman–Crippen MR) is 81.4 cm³/mol. The average Bonchev–Trinajstić information content (AvgIpc) is 2.37. The number of para-hydroxylation sites is 1. The van der Waals surface area contributed by atoms with E-state index in [-0.39, 0.29) is 6.10 Å². The molecule has 1 heterocycles. The fourth-order valence-corrected chi connectivity index (χ4v) is 2.69. The molecule has 1 aromatic rings. The van der Waals surface area contributed by atoms with Crippen LogP contribution in [0.25, 0.3) is 0 Å². The standard InChI is InChI=1S/C16H26N2O2/c1-16(2,17)13-8-5-9-14(19-4)15(13)20-12-7-6-10-18(3)11-12/h5,8-9,12H,6-7,10-11,17H2,1-4H3. The van der Waals surface area contributed by atoms with Crippen LogP contribution in [0.3, 0.4) is 0 Å². The first-order valence-corrected chi connectivity index (χ1v) is 7.23. The number of benzene rings is 1. The second-order valence-electron chi connectivity index (χ2n) is 6.20. The predicted octanol–water partition coefficient (Wildman–Crippen LogP) is 2.36. The molecule has 0 saturated carbocycles. The van der Waals surface area contributed by atoms with Crippen LogP contribution in [0.4, 0.5) is 0 Å². The molecule has 0 aliphatic carbocycles. The molecule has 1 aliphatic heterocycles. The summed E-state index contributed by atoms with van der Waals surface area (Å²) in [6, 6.07) is 5.91. The summed E-state index contributed by atoms with van der Waals surface area (Å²) in [6.45, 7) is 6.06. The van der Waals surface area contributed by atoms with E-state index in [4.69, 9.17) is 15.2 Å². The Morgan fingerprint density at radius 3 is 2.70 bits per heavy atom. The number of likely N-dealkylation sites (N-methyl/N-ethyl adjacent to an activating group) is 1. The van der Waals surface area contributed by atoms with Crippen LogP contribution in [-0.4, -0.2) is 38.3 Å². The van der Waals surface area contributed by atoms with Crippen LogP contribution >= 0.6 is 0 Å². The van der Waals surface area contributed by atoms with Gasteiger partial charge in [0.15, 0.2) is 11.5 Å². The van der Waals surface area contributed by atoms with Gasteiger partial charge in [-0.2, -0.15) is 0 Å². The highest BCUT2D eigenvalue weighted by Crippen LogP contribution is 2.37.